The molecule has 0 amide bonds. The highest BCUT2D eigenvalue weighted by molar-refractivity contribution is 7.79. The Hall–Kier alpha value is -1.72. The van der Waals surface area contributed by atoms with Crippen molar-refractivity contribution in [3.05, 3.63) is 52.3 Å². The number of nitrogens with zero attached hydrogens (tertiary/aromatic N) is 2. The summed E-state index contributed by atoms with van der Waals surface area (Å²) in [4.78, 5) is 11.3. The molecule has 216 valence electrons. The molecule has 0 spiro atoms. The van der Waals surface area contributed by atoms with Gasteiger partial charge in [0.05, 0.1) is 21.8 Å². The Morgan fingerprint density at radius 3 is 2.24 bits per heavy atom. The van der Waals surface area contributed by atoms with Crippen LogP contribution in [0.2, 0.25) is 5.02 Å². The van der Waals surface area contributed by atoms with Crippen LogP contribution in [-0.4, -0.2) is 28.8 Å². The fraction of sp³-hybridized carbons (Fsp3) is 0.581. The van der Waals surface area contributed by atoms with Gasteiger partial charge in [-0.25, -0.2) is 9.97 Å². The molecule has 0 aliphatic rings. The van der Waals surface area contributed by atoms with Gasteiger partial charge in [-0.2, -0.15) is 12.6 Å². The zero-order chi connectivity index (χ0) is 29.9. The standard InChI is InChI=1S/C18H24ClN3S.C10H19N.C2H6.CH4S/c1-6-8-12(5)21-18-20-10-14(19)17(22-18)16-9-13(11(3)4)15(7-2)23-16;1-6-9(7-2)11-8-10(3,4)5;2*1-2/h9-10,12H,3,6-8H2,1-2,4-5H3,(H,20,21,22);11H,1,7-8H2,2-5H3;1-2H3;2H,1H3. The highest BCUT2D eigenvalue weighted by Crippen LogP contribution is 2.37. The largest absolute Gasteiger partial charge is 0.382 e. The molecule has 0 radical (unpaired) electrons. The van der Waals surface area contributed by atoms with Crippen molar-refractivity contribution in [2.24, 2.45) is 5.41 Å². The molecule has 4 nitrogen and oxygen atoms in total. The molecule has 38 heavy (non-hydrogen) atoms. The number of thiol groups is 1. The van der Waals surface area contributed by atoms with Gasteiger partial charge in [-0.3, -0.25) is 0 Å². The predicted octanol–water partition coefficient (Wildman–Crippen LogP) is 10.3. The van der Waals surface area contributed by atoms with Gasteiger partial charge in [0.15, 0.2) is 0 Å². The summed E-state index contributed by atoms with van der Waals surface area (Å²) in [5, 5.41) is 7.23. The van der Waals surface area contributed by atoms with Crippen molar-refractivity contribution in [1.82, 2.24) is 15.3 Å². The molecule has 2 rings (SSSR count). The Balaban J connectivity index is 0. The van der Waals surface area contributed by atoms with E-state index < -0.39 is 0 Å². The van der Waals surface area contributed by atoms with Gasteiger partial charge in [0.2, 0.25) is 5.95 Å². The smallest absolute Gasteiger partial charge is 0.223 e. The van der Waals surface area contributed by atoms with Gasteiger partial charge in [0.25, 0.3) is 0 Å². The van der Waals surface area contributed by atoms with Gasteiger partial charge in [0.1, 0.15) is 5.69 Å². The molecule has 1 unspecified atom stereocenters. The van der Waals surface area contributed by atoms with E-state index >= 15 is 0 Å². The molecule has 0 saturated carbocycles. The van der Waals surface area contributed by atoms with E-state index in [9.17, 15) is 0 Å². The first kappa shape index (κ1) is 38.4. The van der Waals surface area contributed by atoms with Gasteiger partial charge >= 0.3 is 0 Å². The number of allylic oxidation sites excluding steroid dienone is 2. The Morgan fingerprint density at radius 2 is 1.82 bits per heavy atom. The first-order valence-electron chi connectivity index (χ1n) is 13.6. The molecule has 7 heteroatoms. The molecular weight excluding hydrogens is 528 g/mol. The third kappa shape index (κ3) is 15.0. The molecule has 0 aromatic carbocycles. The van der Waals surface area contributed by atoms with Crippen LogP contribution in [0.25, 0.3) is 16.1 Å². The Bertz CT molecular complexity index is 986. The monoisotopic (exact) mass is 580 g/mol. The van der Waals surface area contributed by atoms with Crippen LogP contribution in [0, 0.1) is 5.41 Å². The van der Waals surface area contributed by atoms with Crippen molar-refractivity contribution in [1.29, 1.82) is 0 Å². The second kappa shape index (κ2) is 21.1. The molecule has 2 aromatic rings. The van der Waals surface area contributed by atoms with E-state index in [1.807, 2.05) is 20.8 Å². The van der Waals surface area contributed by atoms with Crippen LogP contribution in [0.3, 0.4) is 0 Å². The number of nitrogens with one attached hydrogen (secondary N) is 2. The Labute approximate surface area is 248 Å². The van der Waals surface area contributed by atoms with Crippen LogP contribution in [-0.2, 0) is 6.42 Å². The highest BCUT2D eigenvalue weighted by Gasteiger charge is 2.15. The molecule has 0 fully saturated rings. The van der Waals surface area contributed by atoms with Crippen molar-refractivity contribution in [3.8, 4) is 10.6 Å². The van der Waals surface area contributed by atoms with Crippen molar-refractivity contribution < 1.29 is 0 Å². The fourth-order valence-electron chi connectivity index (χ4n) is 3.19. The van der Waals surface area contributed by atoms with E-state index in [0.717, 1.165) is 54.1 Å². The van der Waals surface area contributed by atoms with Crippen LogP contribution in [0.15, 0.2) is 36.8 Å². The SMILES string of the molecule is C=C(C)c1cc(-c2nc(NC(C)CCC)ncc2Cl)sc1CC.C=C=C(CC)NCC(C)(C)C.CC.CS. The lowest BCUT2D eigenvalue weighted by atomic mass is 9.97. The number of halogens is 1. The van der Waals surface area contributed by atoms with Crippen LogP contribution in [0.5, 0.6) is 0 Å². The second-order valence-corrected chi connectivity index (χ2v) is 11.3. The number of thiophene rings is 1. The Morgan fingerprint density at radius 1 is 1.21 bits per heavy atom. The number of anilines is 1. The third-order valence-corrected chi connectivity index (χ3v) is 6.63. The minimum atomic E-state index is 0.331. The molecule has 0 aliphatic carbocycles. The van der Waals surface area contributed by atoms with E-state index in [-0.39, 0.29) is 0 Å². The van der Waals surface area contributed by atoms with Crippen LogP contribution in [0.1, 0.15) is 98.9 Å². The molecule has 0 saturated heterocycles. The molecule has 1 atom stereocenters. The lowest BCUT2D eigenvalue weighted by Crippen LogP contribution is -2.25. The lowest BCUT2D eigenvalue weighted by Gasteiger charge is -2.19. The van der Waals surface area contributed by atoms with Gasteiger partial charge in [-0.1, -0.05) is 86.6 Å². The third-order valence-electron chi connectivity index (χ3n) is 5.06. The van der Waals surface area contributed by atoms with Crippen molar-refractivity contribution >= 4 is 47.1 Å². The van der Waals surface area contributed by atoms with E-state index in [2.05, 4.69) is 107 Å². The molecule has 2 N–H and O–H groups in total. The van der Waals surface area contributed by atoms with Crippen LogP contribution in [0.4, 0.5) is 5.95 Å². The van der Waals surface area contributed by atoms with Gasteiger partial charge in [-0.15, -0.1) is 17.1 Å². The summed E-state index contributed by atoms with van der Waals surface area (Å²) in [5.41, 5.74) is 7.39. The van der Waals surface area contributed by atoms with E-state index in [1.165, 1.54) is 10.4 Å². The predicted molar refractivity (Wildman–Crippen MR) is 179 cm³/mol. The molecule has 0 aliphatic heterocycles. The molecular formula is C31H53ClN4S2. The maximum absolute atomic E-state index is 6.34. The highest BCUT2D eigenvalue weighted by atomic mass is 35.5. The molecule has 0 bridgehead atoms. The van der Waals surface area contributed by atoms with Crippen molar-refractivity contribution in [2.45, 2.75) is 101 Å². The van der Waals surface area contributed by atoms with Gasteiger partial charge in [0, 0.05) is 17.5 Å². The Kier molecular flexibility index (Phi) is 21.4. The maximum Gasteiger partial charge on any atom is 0.223 e. The maximum atomic E-state index is 6.34. The molecule has 2 aromatic heterocycles. The van der Waals surface area contributed by atoms with Gasteiger partial charge < -0.3 is 10.6 Å². The summed E-state index contributed by atoms with van der Waals surface area (Å²) < 4.78 is 0. The number of aromatic nitrogens is 2. The molecule has 2 heterocycles. The lowest BCUT2D eigenvalue weighted by molar-refractivity contribution is 0.395. The fourth-order valence-corrected chi connectivity index (χ4v) is 4.62. The summed E-state index contributed by atoms with van der Waals surface area (Å²) in [6.07, 6.45) is 7.55. The summed E-state index contributed by atoms with van der Waals surface area (Å²) in [6, 6.07) is 2.48. The second-order valence-electron chi connectivity index (χ2n) is 9.73. The van der Waals surface area contributed by atoms with Gasteiger partial charge in [-0.05, 0) is 62.0 Å². The van der Waals surface area contributed by atoms with Crippen LogP contribution < -0.4 is 10.6 Å². The first-order valence-corrected chi connectivity index (χ1v) is 15.7. The number of hydrogen-bond donors (Lipinski definition) is 3. The first-order chi connectivity index (χ1) is 17.9. The van der Waals surface area contributed by atoms with Crippen LogP contribution >= 0.6 is 35.6 Å². The minimum Gasteiger partial charge on any atom is -0.382 e. The average Bonchev–Trinajstić information content (AvgIpc) is 3.33. The number of hydrogen-bond acceptors (Lipinski definition) is 6. The van der Waals surface area contributed by atoms with E-state index in [0.29, 0.717) is 22.4 Å². The zero-order valence-electron chi connectivity index (χ0n) is 25.8. The number of rotatable bonds is 10. The quantitative estimate of drug-likeness (QED) is 0.193. The summed E-state index contributed by atoms with van der Waals surface area (Å²) in [7, 11) is 0. The topological polar surface area (TPSA) is 49.8 Å². The van der Waals surface area contributed by atoms with Crippen molar-refractivity contribution in [3.63, 3.8) is 0 Å². The summed E-state index contributed by atoms with van der Waals surface area (Å²) in [5.74, 6) is 0.633. The summed E-state index contributed by atoms with van der Waals surface area (Å²) in [6.45, 7) is 29.9. The van der Waals surface area contributed by atoms with E-state index in [1.54, 1.807) is 23.8 Å². The summed E-state index contributed by atoms with van der Waals surface area (Å²) >= 11 is 11.6. The van der Waals surface area contributed by atoms with Crippen molar-refractivity contribution in [2.75, 3.05) is 18.1 Å². The zero-order valence-corrected chi connectivity index (χ0v) is 28.3. The average molecular weight is 581 g/mol. The minimum absolute atomic E-state index is 0.331. The number of aryl methyl sites for hydroxylation is 1. The normalized spacial score (nSPS) is 10.8. The van der Waals surface area contributed by atoms with E-state index in [4.69, 9.17) is 11.6 Å².